The predicted molar refractivity (Wildman–Crippen MR) is 72.6 cm³/mol. The Hall–Kier alpha value is -1.91. The van der Waals surface area contributed by atoms with Gasteiger partial charge in [-0.1, -0.05) is 6.42 Å². The van der Waals surface area contributed by atoms with Crippen molar-refractivity contribution in [1.29, 1.82) is 0 Å². The quantitative estimate of drug-likeness (QED) is 0.567. The van der Waals surface area contributed by atoms with Gasteiger partial charge in [0.2, 0.25) is 0 Å². The van der Waals surface area contributed by atoms with E-state index in [9.17, 15) is 4.79 Å². The number of carbonyl (C=O) groups excluding carboxylic acids is 1. The van der Waals surface area contributed by atoms with Crippen LogP contribution in [0.4, 0.5) is 0 Å². The molecular weight excluding hydrogens is 242 g/mol. The Labute approximate surface area is 112 Å². The highest BCUT2D eigenvalue weighted by molar-refractivity contribution is 5.73. The van der Waals surface area contributed by atoms with Crippen LogP contribution < -0.4 is 0 Å². The summed E-state index contributed by atoms with van der Waals surface area (Å²) < 4.78 is 7.02. The maximum absolute atomic E-state index is 11.2. The van der Waals surface area contributed by atoms with Crippen LogP contribution in [0.15, 0.2) is 24.8 Å². The van der Waals surface area contributed by atoms with E-state index in [0.717, 1.165) is 36.8 Å². The molecule has 5 heteroatoms. The average Bonchev–Trinajstić information content (AvgIpc) is 2.82. The molecule has 0 radical (unpaired) electrons. The second kappa shape index (κ2) is 6.87. The molecule has 2 aromatic heterocycles. The van der Waals surface area contributed by atoms with Crippen molar-refractivity contribution in [1.82, 2.24) is 14.5 Å². The molecular formula is C14H19N3O2. The van der Waals surface area contributed by atoms with E-state index < -0.39 is 0 Å². The number of fused-ring (bicyclic) bond motifs is 1. The number of imidazole rings is 1. The molecule has 5 nitrogen and oxygen atoms in total. The minimum atomic E-state index is -0.0957. The summed E-state index contributed by atoms with van der Waals surface area (Å²) in [6.07, 6.45) is 8.85. The smallest absolute Gasteiger partial charge is 0.305 e. The van der Waals surface area contributed by atoms with Crippen molar-refractivity contribution in [3.8, 4) is 0 Å². The molecule has 0 spiro atoms. The first-order valence-electron chi connectivity index (χ1n) is 6.71. The van der Waals surface area contributed by atoms with Gasteiger partial charge in [0.1, 0.15) is 5.52 Å². The Morgan fingerprint density at radius 3 is 3.11 bits per heavy atom. The van der Waals surface area contributed by atoms with Crippen LogP contribution in [0.2, 0.25) is 0 Å². The van der Waals surface area contributed by atoms with Crippen molar-refractivity contribution < 1.29 is 9.53 Å². The maximum atomic E-state index is 11.2. The van der Waals surface area contributed by atoms with E-state index >= 15 is 0 Å². The molecule has 0 unspecified atom stereocenters. The van der Waals surface area contributed by atoms with Crippen LogP contribution in [0.5, 0.6) is 0 Å². The molecule has 2 aromatic rings. The van der Waals surface area contributed by atoms with Gasteiger partial charge in [-0.2, -0.15) is 0 Å². The normalized spacial score (nSPS) is 10.8. The lowest BCUT2D eigenvalue weighted by Crippen LogP contribution is -2.03. The lowest BCUT2D eigenvalue weighted by Gasteiger charge is -2.04. The summed E-state index contributed by atoms with van der Waals surface area (Å²) in [6.45, 7) is 3.22. The number of hydrogen-bond acceptors (Lipinski definition) is 4. The molecule has 0 N–H and O–H groups in total. The van der Waals surface area contributed by atoms with Crippen molar-refractivity contribution >= 4 is 17.0 Å². The summed E-state index contributed by atoms with van der Waals surface area (Å²) in [5.74, 6) is -0.0957. The molecule has 0 fully saturated rings. The minimum Gasteiger partial charge on any atom is -0.466 e. The van der Waals surface area contributed by atoms with Gasteiger partial charge >= 0.3 is 5.97 Å². The van der Waals surface area contributed by atoms with Gasteiger partial charge in [0.05, 0.1) is 24.6 Å². The van der Waals surface area contributed by atoms with Gasteiger partial charge in [0.15, 0.2) is 0 Å². The highest BCUT2D eigenvalue weighted by Gasteiger charge is 2.03. The molecule has 19 heavy (non-hydrogen) atoms. The molecule has 0 amide bonds. The number of rotatable bonds is 7. The first-order valence-corrected chi connectivity index (χ1v) is 6.71. The van der Waals surface area contributed by atoms with Gasteiger partial charge in [-0.05, 0) is 25.8 Å². The number of aromatic nitrogens is 3. The number of pyridine rings is 1. The Kier molecular flexibility index (Phi) is 4.89. The van der Waals surface area contributed by atoms with Crippen molar-refractivity contribution in [2.75, 3.05) is 6.61 Å². The summed E-state index contributed by atoms with van der Waals surface area (Å²) in [6, 6.07) is 1.97. The summed E-state index contributed by atoms with van der Waals surface area (Å²) in [5, 5.41) is 0. The number of ether oxygens (including phenoxy) is 1. The number of nitrogens with zero attached hydrogens (tertiary/aromatic N) is 3. The van der Waals surface area contributed by atoms with Gasteiger partial charge in [0, 0.05) is 19.2 Å². The van der Waals surface area contributed by atoms with Crippen LogP contribution in [-0.4, -0.2) is 27.1 Å². The molecule has 0 saturated heterocycles. The minimum absolute atomic E-state index is 0.0957. The van der Waals surface area contributed by atoms with E-state index in [0.29, 0.717) is 13.0 Å². The third-order valence-electron chi connectivity index (χ3n) is 3.01. The maximum Gasteiger partial charge on any atom is 0.305 e. The van der Waals surface area contributed by atoms with E-state index in [1.165, 1.54) is 0 Å². The fourth-order valence-corrected chi connectivity index (χ4v) is 2.05. The Bertz CT molecular complexity index is 536. The van der Waals surface area contributed by atoms with E-state index in [1.807, 2.05) is 19.3 Å². The summed E-state index contributed by atoms with van der Waals surface area (Å²) in [7, 11) is 0. The average molecular weight is 261 g/mol. The number of hydrogen-bond donors (Lipinski definition) is 0. The van der Waals surface area contributed by atoms with Crippen molar-refractivity contribution in [2.45, 2.75) is 39.2 Å². The highest BCUT2D eigenvalue weighted by Crippen LogP contribution is 2.12. The molecule has 0 bridgehead atoms. The predicted octanol–water partition coefficient (Wildman–Crippen LogP) is 2.55. The summed E-state index contributed by atoms with van der Waals surface area (Å²) in [5.41, 5.74) is 2.04. The lowest BCUT2D eigenvalue weighted by molar-refractivity contribution is -0.143. The number of aryl methyl sites for hydroxylation is 1. The van der Waals surface area contributed by atoms with Gasteiger partial charge < -0.3 is 9.30 Å². The number of carbonyl (C=O) groups is 1. The number of unbranched alkanes of at least 4 members (excludes halogenated alkanes) is 2. The Morgan fingerprint density at radius 2 is 2.26 bits per heavy atom. The molecule has 0 aliphatic carbocycles. The van der Waals surface area contributed by atoms with Gasteiger partial charge in [-0.3, -0.25) is 9.78 Å². The molecule has 0 aliphatic rings. The second-order valence-electron chi connectivity index (χ2n) is 4.42. The molecule has 0 aromatic carbocycles. The van der Waals surface area contributed by atoms with Crippen molar-refractivity contribution in [2.24, 2.45) is 0 Å². The van der Waals surface area contributed by atoms with Gasteiger partial charge in [0.25, 0.3) is 0 Å². The Balaban J connectivity index is 1.73. The third-order valence-corrected chi connectivity index (χ3v) is 3.01. The monoisotopic (exact) mass is 261 g/mol. The summed E-state index contributed by atoms with van der Waals surface area (Å²) >= 11 is 0. The number of esters is 1. The molecule has 102 valence electrons. The highest BCUT2D eigenvalue weighted by atomic mass is 16.5. The molecule has 0 saturated carbocycles. The molecule has 0 aliphatic heterocycles. The molecule has 0 atom stereocenters. The van der Waals surface area contributed by atoms with E-state index in [4.69, 9.17) is 4.74 Å². The van der Waals surface area contributed by atoms with Gasteiger partial charge in [-0.15, -0.1) is 0 Å². The van der Waals surface area contributed by atoms with Crippen LogP contribution in [0.1, 0.15) is 32.6 Å². The zero-order valence-corrected chi connectivity index (χ0v) is 11.2. The largest absolute Gasteiger partial charge is 0.466 e. The van der Waals surface area contributed by atoms with Crippen molar-refractivity contribution in [3.05, 3.63) is 24.8 Å². The van der Waals surface area contributed by atoms with Crippen LogP contribution in [0, 0.1) is 0 Å². The van der Waals surface area contributed by atoms with E-state index in [-0.39, 0.29) is 5.97 Å². The standard InChI is InChI=1S/C14H19N3O2/c1-2-19-14(18)6-4-3-5-9-17-11-16-12-10-15-8-7-13(12)17/h7-8,10-11H,2-6,9H2,1H3. The van der Waals surface area contributed by atoms with E-state index in [1.54, 1.807) is 12.4 Å². The summed E-state index contributed by atoms with van der Waals surface area (Å²) in [4.78, 5) is 19.5. The fourth-order valence-electron chi connectivity index (χ4n) is 2.05. The van der Waals surface area contributed by atoms with Crippen LogP contribution in [-0.2, 0) is 16.1 Å². The fraction of sp³-hybridized carbons (Fsp3) is 0.500. The second-order valence-corrected chi connectivity index (χ2v) is 4.42. The van der Waals surface area contributed by atoms with Crippen LogP contribution >= 0.6 is 0 Å². The molecule has 2 heterocycles. The SMILES string of the molecule is CCOC(=O)CCCCCn1cnc2cnccc21. The third kappa shape index (κ3) is 3.77. The first-order chi connectivity index (χ1) is 9.31. The van der Waals surface area contributed by atoms with Crippen LogP contribution in [0.25, 0.3) is 11.0 Å². The topological polar surface area (TPSA) is 57.0 Å². The van der Waals surface area contributed by atoms with Crippen molar-refractivity contribution in [3.63, 3.8) is 0 Å². The Morgan fingerprint density at radius 1 is 1.37 bits per heavy atom. The van der Waals surface area contributed by atoms with Crippen LogP contribution in [0.3, 0.4) is 0 Å². The zero-order chi connectivity index (χ0) is 13.5. The van der Waals surface area contributed by atoms with Gasteiger partial charge in [-0.25, -0.2) is 4.98 Å². The zero-order valence-electron chi connectivity index (χ0n) is 11.2. The van der Waals surface area contributed by atoms with E-state index in [2.05, 4.69) is 14.5 Å². The lowest BCUT2D eigenvalue weighted by atomic mass is 10.2. The molecule has 2 rings (SSSR count). The first kappa shape index (κ1) is 13.5.